The number of nitrogens with zero attached hydrogens (tertiary/aromatic N) is 3. The minimum atomic E-state index is -0.582. The van der Waals surface area contributed by atoms with Crippen molar-refractivity contribution in [3.8, 4) is 96.0 Å². The zero-order chi connectivity index (χ0) is 42.6. The maximum Gasteiger partial charge on any atom is 0.160 e. The minimum absolute atomic E-state index is 0.582. The molecule has 1 spiro atoms. The lowest BCUT2D eigenvalue weighted by Crippen LogP contribution is -2.32. The number of fused-ring (bicyclic) bond motifs is 9. The van der Waals surface area contributed by atoms with Gasteiger partial charge in [-0.3, -0.25) is 0 Å². The number of ether oxygens (including phenoxy) is 1. The normalized spacial score (nSPS) is 12.6. The van der Waals surface area contributed by atoms with Gasteiger partial charge in [0, 0.05) is 27.8 Å². The van der Waals surface area contributed by atoms with Gasteiger partial charge in [-0.05, 0) is 79.9 Å². The zero-order valence-electron chi connectivity index (χ0n) is 34.6. The predicted octanol–water partition coefficient (Wildman–Crippen LogP) is 14.8. The Kier molecular flexibility index (Phi) is 8.74. The third kappa shape index (κ3) is 5.98. The van der Waals surface area contributed by atoms with Crippen LogP contribution in [-0.4, -0.2) is 9.97 Å². The van der Waals surface area contributed by atoms with Gasteiger partial charge in [-0.25, -0.2) is 9.97 Å². The molecule has 0 saturated heterocycles. The third-order valence-electron chi connectivity index (χ3n) is 12.9. The average molecular weight is 816 g/mol. The highest BCUT2D eigenvalue weighted by molar-refractivity contribution is 5.90. The molecule has 0 fully saturated rings. The quantitative estimate of drug-likeness (QED) is 0.168. The molecule has 9 aromatic carbocycles. The summed E-state index contributed by atoms with van der Waals surface area (Å²) in [5, 5.41) is 9.76. The summed E-state index contributed by atoms with van der Waals surface area (Å²) in [7, 11) is 0. The van der Waals surface area contributed by atoms with E-state index in [-0.39, 0.29) is 0 Å². The number of aromatic nitrogens is 2. The van der Waals surface area contributed by atoms with Crippen LogP contribution >= 0.6 is 0 Å². The van der Waals surface area contributed by atoms with Crippen LogP contribution in [0.5, 0.6) is 11.5 Å². The summed E-state index contributed by atoms with van der Waals surface area (Å²) in [6.45, 7) is 0. The van der Waals surface area contributed by atoms with Gasteiger partial charge in [-0.2, -0.15) is 5.26 Å². The van der Waals surface area contributed by atoms with Crippen molar-refractivity contribution in [2.45, 2.75) is 5.41 Å². The van der Waals surface area contributed by atoms with E-state index >= 15 is 0 Å². The fraction of sp³-hybridized carbons (Fsp3) is 0.0167. The molecule has 64 heavy (non-hydrogen) atoms. The van der Waals surface area contributed by atoms with Crippen LogP contribution in [0.1, 0.15) is 27.8 Å². The molecule has 1 aliphatic carbocycles. The van der Waals surface area contributed by atoms with Crippen LogP contribution in [0.3, 0.4) is 0 Å². The summed E-state index contributed by atoms with van der Waals surface area (Å²) in [4.78, 5) is 10.1. The highest BCUT2D eigenvalue weighted by Crippen LogP contribution is 2.62. The van der Waals surface area contributed by atoms with Crippen molar-refractivity contribution in [3.63, 3.8) is 0 Å². The van der Waals surface area contributed by atoms with Gasteiger partial charge in [0.15, 0.2) is 5.82 Å². The second-order valence-electron chi connectivity index (χ2n) is 16.4. The molecule has 4 heteroatoms. The first-order valence-electron chi connectivity index (χ1n) is 21.5. The first-order chi connectivity index (χ1) is 31.7. The smallest absolute Gasteiger partial charge is 0.160 e. The Balaban J connectivity index is 0.959. The second kappa shape index (κ2) is 15.1. The Morgan fingerprint density at radius 3 is 1.31 bits per heavy atom. The summed E-state index contributed by atoms with van der Waals surface area (Å²) in [5.74, 6) is 2.35. The largest absolute Gasteiger partial charge is 0.457 e. The molecule has 0 radical (unpaired) electrons. The van der Waals surface area contributed by atoms with Crippen molar-refractivity contribution in [3.05, 3.63) is 252 Å². The summed E-state index contributed by atoms with van der Waals surface area (Å²) in [5.41, 5.74) is 18.3. The van der Waals surface area contributed by atoms with Crippen LogP contribution in [0.2, 0.25) is 0 Å². The maximum atomic E-state index is 9.76. The van der Waals surface area contributed by atoms with Crippen LogP contribution in [0.4, 0.5) is 0 Å². The SMILES string of the molecule is N#Cc1ccccc1-c1ccc(-c2ccc3c(c2)Oc2cc(-c4ccc(-c5cc(-c6ccccc6)nc(-c6ccccc6)n5)cc4)ccc2C32c3ccccc3-c3ccccc32)cc1. The Hall–Kier alpha value is -8.65. The van der Waals surface area contributed by atoms with Gasteiger partial charge in [0.1, 0.15) is 11.5 Å². The molecule has 10 aromatic rings. The van der Waals surface area contributed by atoms with E-state index in [1.807, 2.05) is 60.7 Å². The fourth-order valence-corrected chi connectivity index (χ4v) is 9.85. The predicted molar refractivity (Wildman–Crippen MR) is 257 cm³/mol. The Labute approximate surface area is 372 Å². The molecule has 1 aromatic heterocycles. The van der Waals surface area contributed by atoms with Crippen molar-refractivity contribution in [2.24, 2.45) is 0 Å². The number of rotatable bonds is 6. The van der Waals surface area contributed by atoms with Gasteiger partial charge in [-0.15, -0.1) is 0 Å². The Morgan fingerprint density at radius 1 is 0.344 bits per heavy atom. The Bertz CT molecular complexity index is 3360. The Morgan fingerprint density at radius 2 is 0.766 bits per heavy atom. The summed E-state index contributed by atoms with van der Waals surface area (Å²) < 4.78 is 7.09. The highest BCUT2D eigenvalue weighted by atomic mass is 16.5. The van der Waals surface area contributed by atoms with E-state index in [4.69, 9.17) is 14.7 Å². The van der Waals surface area contributed by atoms with Crippen LogP contribution in [0, 0.1) is 11.3 Å². The highest BCUT2D eigenvalue weighted by Gasteiger charge is 2.51. The van der Waals surface area contributed by atoms with E-state index in [0.717, 1.165) is 84.1 Å². The molecular weight excluding hydrogens is 779 g/mol. The molecule has 2 heterocycles. The van der Waals surface area contributed by atoms with Crippen LogP contribution < -0.4 is 4.74 Å². The fourth-order valence-electron chi connectivity index (χ4n) is 9.85. The molecular formula is C60H37N3O. The molecule has 0 amide bonds. The number of nitriles is 1. The second-order valence-corrected chi connectivity index (χ2v) is 16.4. The van der Waals surface area contributed by atoms with E-state index in [9.17, 15) is 5.26 Å². The van der Waals surface area contributed by atoms with Gasteiger partial charge in [0.2, 0.25) is 0 Å². The van der Waals surface area contributed by atoms with Gasteiger partial charge >= 0.3 is 0 Å². The van der Waals surface area contributed by atoms with Gasteiger partial charge in [0.25, 0.3) is 0 Å². The van der Waals surface area contributed by atoms with Crippen molar-refractivity contribution in [2.75, 3.05) is 0 Å². The van der Waals surface area contributed by atoms with E-state index in [0.29, 0.717) is 11.4 Å². The van der Waals surface area contributed by atoms with E-state index in [1.54, 1.807) is 0 Å². The van der Waals surface area contributed by atoms with E-state index < -0.39 is 5.41 Å². The summed E-state index contributed by atoms with van der Waals surface area (Å²) >= 11 is 0. The molecule has 0 bridgehead atoms. The first kappa shape index (κ1) is 37.1. The van der Waals surface area contributed by atoms with Crippen molar-refractivity contribution in [1.29, 1.82) is 5.26 Å². The van der Waals surface area contributed by atoms with Crippen molar-refractivity contribution < 1.29 is 4.74 Å². The van der Waals surface area contributed by atoms with E-state index in [1.165, 1.54) is 22.3 Å². The molecule has 0 N–H and O–H groups in total. The standard InChI is InChI=1S/C60H37N3O/c61-38-47-17-7-8-18-48(47)41-27-23-39(24-28-41)45-31-33-53-57(35-45)64-58-36-46(32-34-54(58)60(53)51-21-11-9-19-49(51)50-20-10-12-22-52(50)60)40-25-29-43(30-26-40)56-37-55(42-13-3-1-4-14-42)62-59(63-56)44-15-5-2-6-16-44/h1-37H. The number of hydrogen-bond donors (Lipinski definition) is 0. The number of hydrogen-bond acceptors (Lipinski definition) is 4. The molecule has 4 nitrogen and oxygen atoms in total. The monoisotopic (exact) mass is 815 g/mol. The summed E-state index contributed by atoms with van der Waals surface area (Å²) in [6, 6.07) is 80.7. The molecule has 12 rings (SSSR count). The van der Waals surface area contributed by atoms with Gasteiger partial charge in [0.05, 0.1) is 28.4 Å². The number of benzene rings is 9. The van der Waals surface area contributed by atoms with Gasteiger partial charge in [-0.1, -0.05) is 200 Å². The van der Waals surface area contributed by atoms with Gasteiger partial charge < -0.3 is 4.74 Å². The molecule has 0 saturated carbocycles. The van der Waals surface area contributed by atoms with Crippen LogP contribution in [-0.2, 0) is 5.41 Å². The maximum absolute atomic E-state index is 9.76. The summed E-state index contributed by atoms with van der Waals surface area (Å²) in [6.07, 6.45) is 0. The zero-order valence-corrected chi connectivity index (χ0v) is 34.6. The topological polar surface area (TPSA) is 58.8 Å². The molecule has 1 aliphatic heterocycles. The van der Waals surface area contributed by atoms with Crippen molar-refractivity contribution in [1.82, 2.24) is 9.97 Å². The first-order valence-corrected chi connectivity index (χ1v) is 21.5. The van der Waals surface area contributed by atoms with Crippen molar-refractivity contribution >= 4 is 0 Å². The lowest BCUT2D eigenvalue weighted by atomic mass is 9.65. The lowest BCUT2D eigenvalue weighted by molar-refractivity contribution is 0.437. The molecule has 2 aliphatic rings. The minimum Gasteiger partial charge on any atom is -0.457 e. The van der Waals surface area contributed by atoms with Crippen LogP contribution in [0.15, 0.2) is 224 Å². The average Bonchev–Trinajstić information content (AvgIpc) is 3.67. The lowest BCUT2D eigenvalue weighted by Gasteiger charge is -2.39. The molecule has 298 valence electrons. The molecule has 0 atom stereocenters. The molecule has 0 unspecified atom stereocenters. The van der Waals surface area contributed by atoms with E-state index in [2.05, 4.69) is 170 Å². The van der Waals surface area contributed by atoms with Crippen LogP contribution in [0.25, 0.3) is 78.4 Å². The third-order valence-corrected chi connectivity index (χ3v) is 12.9.